The van der Waals surface area contributed by atoms with Crippen molar-refractivity contribution in [3.05, 3.63) is 64.5 Å². The molecule has 1 aromatic heterocycles. The molecule has 0 amide bonds. The fraction of sp³-hybridized carbons (Fsp3) is 0.312. The van der Waals surface area contributed by atoms with Gasteiger partial charge in [-0.15, -0.1) is 0 Å². The second-order valence-electron chi connectivity index (χ2n) is 4.80. The van der Waals surface area contributed by atoms with Gasteiger partial charge >= 0.3 is 0 Å². The molecule has 94 valence electrons. The summed E-state index contributed by atoms with van der Waals surface area (Å²) in [5.74, 6) is 0. The first kappa shape index (κ1) is 12.8. The predicted octanol–water partition coefficient (Wildman–Crippen LogP) is 3.32. The molecule has 2 nitrogen and oxygen atoms in total. The zero-order chi connectivity index (χ0) is 13.1. The van der Waals surface area contributed by atoms with Crippen LogP contribution in [0.15, 0.2) is 36.7 Å². The van der Waals surface area contributed by atoms with Crippen LogP contribution in [0, 0.1) is 20.8 Å². The third-order valence-electron chi connectivity index (χ3n) is 3.50. The van der Waals surface area contributed by atoms with Gasteiger partial charge in [-0.2, -0.15) is 0 Å². The van der Waals surface area contributed by atoms with Crippen molar-refractivity contribution in [1.82, 2.24) is 10.3 Å². The minimum absolute atomic E-state index is 0.206. The number of aryl methyl sites for hydroxylation is 3. The highest BCUT2D eigenvalue weighted by Crippen LogP contribution is 2.26. The number of aromatic nitrogens is 1. The Morgan fingerprint density at radius 3 is 2.39 bits per heavy atom. The first-order valence-corrected chi connectivity index (χ1v) is 6.28. The molecular weight excluding hydrogens is 220 g/mol. The molecule has 0 aliphatic rings. The van der Waals surface area contributed by atoms with E-state index in [0.717, 1.165) is 0 Å². The number of hydrogen-bond donors (Lipinski definition) is 1. The van der Waals surface area contributed by atoms with Gasteiger partial charge in [0.25, 0.3) is 0 Å². The van der Waals surface area contributed by atoms with Crippen molar-refractivity contribution in [3.8, 4) is 0 Å². The van der Waals surface area contributed by atoms with Crippen LogP contribution in [-0.2, 0) is 0 Å². The lowest BCUT2D eigenvalue weighted by atomic mass is 9.92. The van der Waals surface area contributed by atoms with Crippen LogP contribution in [0.3, 0.4) is 0 Å². The quantitative estimate of drug-likeness (QED) is 0.890. The van der Waals surface area contributed by atoms with Crippen molar-refractivity contribution in [2.75, 3.05) is 7.05 Å². The molecule has 1 unspecified atom stereocenters. The number of rotatable bonds is 3. The molecule has 1 aromatic carbocycles. The number of pyridine rings is 1. The maximum Gasteiger partial charge on any atom is 0.0592 e. The zero-order valence-corrected chi connectivity index (χ0v) is 11.5. The average Bonchev–Trinajstić information content (AvgIpc) is 2.38. The molecular formula is C16H20N2. The maximum absolute atomic E-state index is 4.21. The average molecular weight is 240 g/mol. The fourth-order valence-electron chi connectivity index (χ4n) is 2.34. The second kappa shape index (κ2) is 5.32. The lowest BCUT2D eigenvalue weighted by Crippen LogP contribution is -2.19. The Bertz CT molecular complexity index is 532. The molecule has 1 heterocycles. The van der Waals surface area contributed by atoms with Crippen LogP contribution in [-0.4, -0.2) is 12.0 Å². The molecule has 0 saturated carbocycles. The molecule has 0 bridgehead atoms. The van der Waals surface area contributed by atoms with Crippen LogP contribution < -0.4 is 5.32 Å². The van der Waals surface area contributed by atoms with Crippen molar-refractivity contribution in [3.63, 3.8) is 0 Å². The summed E-state index contributed by atoms with van der Waals surface area (Å²) in [6.07, 6.45) is 3.74. The number of nitrogens with one attached hydrogen (secondary N) is 1. The molecule has 2 rings (SSSR count). The lowest BCUT2D eigenvalue weighted by Gasteiger charge is -2.20. The van der Waals surface area contributed by atoms with Gasteiger partial charge in [0.15, 0.2) is 0 Å². The molecule has 18 heavy (non-hydrogen) atoms. The van der Waals surface area contributed by atoms with Crippen molar-refractivity contribution in [2.45, 2.75) is 26.8 Å². The fourth-order valence-corrected chi connectivity index (χ4v) is 2.34. The Balaban J connectivity index is 2.49. The highest BCUT2D eigenvalue weighted by Gasteiger charge is 2.15. The number of benzene rings is 1. The molecule has 0 fully saturated rings. The standard InChI is InChI=1S/C16H20N2/c1-11-8-13(3)15(9-12(11)2)16(17-4)14-6-5-7-18-10-14/h5-10,16-17H,1-4H3. The Labute approximate surface area is 109 Å². The monoisotopic (exact) mass is 240 g/mol. The van der Waals surface area contributed by atoms with Gasteiger partial charge in [0.2, 0.25) is 0 Å². The summed E-state index contributed by atoms with van der Waals surface area (Å²) >= 11 is 0. The van der Waals surface area contributed by atoms with Crippen LogP contribution in [0.5, 0.6) is 0 Å². The van der Waals surface area contributed by atoms with E-state index in [4.69, 9.17) is 0 Å². The normalized spacial score (nSPS) is 12.4. The van der Waals surface area contributed by atoms with Crippen LogP contribution in [0.4, 0.5) is 0 Å². The smallest absolute Gasteiger partial charge is 0.0592 e. The van der Waals surface area contributed by atoms with Crippen LogP contribution in [0.25, 0.3) is 0 Å². The van der Waals surface area contributed by atoms with Gasteiger partial charge in [-0.05, 0) is 61.7 Å². The number of hydrogen-bond acceptors (Lipinski definition) is 2. The van der Waals surface area contributed by atoms with Gasteiger partial charge in [-0.25, -0.2) is 0 Å². The Morgan fingerprint density at radius 1 is 1.06 bits per heavy atom. The van der Waals surface area contributed by atoms with Crippen LogP contribution in [0.2, 0.25) is 0 Å². The second-order valence-corrected chi connectivity index (χ2v) is 4.80. The van der Waals surface area contributed by atoms with E-state index in [2.05, 4.69) is 49.3 Å². The summed E-state index contributed by atoms with van der Waals surface area (Å²) < 4.78 is 0. The minimum Gasteiger partial charge on any atom is -0.309 e. The van der Waals surface area contributed by atoms with E-state index in [1.807, 2.05) is 25.5 Å². The molecule has 0 saturated heterocycles. The Morgan fingerprint density at radius 2 is 1.78 bits per heavy atom. The predicted molar refractivity (Wildman–Crippen MR) is 75.8 cm³/mol. The highest BCUT2D eigenvalue weighted by molar-refractivity contribution is 5.41. The first-order valence-electron chi connectivity index (χ1n) is 6.28. The molecule has 1 N–H and O–H groups in total. The summed E-state index contributed by atoms with van der Waals surface area (Å²) in [6, 6.07) is 8.83. The Kier molecular flexibility index (Phi) is 3.78. The Hall–Kier alpha value is -1.67. The zero-order valence-electron chi connectivity index (χ0n) is 11.5. The topological polar surface area (TPSA) is 24.9 Å². The number of nitrogens with zero attached hydrogens (tertiary/aromatic N) is 1. The van der Waals surface area contributed by atoms with Crippen LogP contribution in [0.1, 0.15) is 33.9 Å². The van der Waals surface area contributed by atoms with Crippen molar-refractivity contribution >= 4 is 0 Å². The van der Waals surface area contributed by atoms with Crippen LogP contribution >= 0.6 is 0 Å². The van der Waals surface area contributed by atoms with E-state index in [-0.39, 0.29) is 6.04 Å². The summed E-state index contributed by atoms with van der Waals surface area (Å²) in [4.78, 5) is 4.21. The van der Waals surface area contributed by atoms with Gasteiger partial charge in [-0.3, -0.25) is 4.98 Å². The summed E-state index contributed by atoms with van der Waals surface area (Å²) in [7, 11) is 1.99. The van der Waals surface area contributed by atoms with E-state index in [9.17, 15) is 0 Å². The summed E-state index contributed by atoms with van der Waals surface area (Å²) in [5.41, 5.74) is 6.53. The lowest BCUT2D eigenvalue weighted by molar-refractivity contribution is 0.683. The maximum atomic E-state index is 4.21. The van der Waals surface area contributed by atoms with E-state index >= 15 is 0 Å². The van der Waals surface area contributed by atoms with Gasteiger partial charge < -0.3 is 5.32 Å². The largest absolute Gasteiger partial charge is 0.309 e. The molecule has 0 aliphatic heterocycles. The highest BCUT2D eigenvalue weighted by atomic mass is 14.9. The molecule has 0 aliphatic carbocycles. The third-order valence-corrected chi connectivity index (χ3v) is 3.50. The summed E-state index contributed by atoms with van der Waals surface area (Å²) in [5, 5.41) is 3.38. The minimum atomic E-state index is 0.206. The van der Waals surface area contributed by atoms with Crippen molar-refractivity contribution < 1.29 is 0 Å². The van der Waals surface area contributed by atoms with Crippen molar-refractivity contribution in [2.24, 2.45) is 0 Å². The molecule has 0 radical (unpaired) electrons. The van der Waals surface area contributed by atoms with Gasteiger partial charge in [0, 0.05) is 12.4 Å². The van der Waals surface area contributed by atoms with E-state index in [0.29, 0.717) is 0 Å². The summed E-state index contributed by atoms with van der Waals surface area (Å²) in [6.45, 7) is 6.49. The van der Waals surface area contributed by atoms with E-state index < -0.39 is 0 Å². The first-order chi connectivity index (χ1) is 8.63. The van der Waals surface area contributed by atoms with E-state index in [1.165, 1.54) is 27.8 Å². The molecule has 2 aromatic rings. The molecule has 1 atom stereocenters. The SMILES string of the molecule is CNC(c1cccnc1)c1cc(C)c(C)cc1C. The third kappa shape index (κ3) is 2.44. The van der Waals surface area contributed by atoms with Gasteiger partial charge in [-0.1, -0.05) is 18.2 Å². The van der Waals surface area contributed by atoms with Gasteiger partial charge in [0.05, 0.1) is 6.04 Å². The molecule has 0 spiro atoms. The van der Waals surface area contributed by atoms with Crippen molar-refractivity contribution in [1.29, 1.82) is 0 Å². The molecule has 2 heteroatoms. The van der Waals surface area contributed by atoms with Gasteiger partial charge in [0.1, 0.15) is 0 Å². The van der Waals surface area contributed by atoms with E-state index in [1.54, 1.807) is 0 Å².